The quantitative estimate of drug-likeness (QED) is 0.0422. The van der Waals surface area contributed by atoms with Crippen LogP contribution in [0.4, 0.5) is 0 Å². The average molecular weight is 830 g/mol. The lowest BCUT2D eigenvalue weighted by Gasteiger charge is -2.20. The van der Waals surface area contributed by atoms with E-state index in [1.807, 2.05) is 6.08 Å². The van der Waals surface area contributed by atoms with Gasteiger partial charge in [-0.1, -0.05) is 276 Å². The summed E-state index contributed by atoms with van der Waals surface area (Å²) in [6, 6.07) is -0.623. The Balaban J connectivity index is 3.49. The van der Waals surface area contributed by atoms with E-state index in [0.717, 1.165) is 25.7 Å². The van der Waals surface area contributed by atoms with Gasteiger partial charge in [-0.25, -0.2) is 0 Å². The topological polar surface area (TPSA) is 69.6 Å². The zero-order valence-corrected chi connectivity index (χ0v) is 40.3. The molecule has 0 bridgehead atoms. The number of carbonyl (C=O) groups is 1. The van der Waals surface area contributed by atoms with Crippen molar-refractivity contribution in [3.8, 4) is 0 Å². The van der Waals surface area contributed by atoms with Gasteiger partial charge in [-0.05, 0) is 44.9 Å². The summed E-state index contributed by atoms with van der Waals surface area (Å²) in [4.78, 5) is 12.5. The van der Waals surface area contributed by atoms with E-state index in [-0.39, 0.29) is 12.5 Å². The third-order valence-electron chi connectivity index (χ3n) is 12.7. The van der Waals surface area contributed by atoms with E-state index in [0.29, 0.717) is 6.42 Å². The summed E-state index contributed by atoms with van der Waals surface area (Å²) in [7, 11) is 0. The first-order chi connectivity index (χ1) is 29.2. The maximum absolute atomic E-state index is 12.5. The van der Waals surface area contributed by atoms with Crippen molar-refractivity contribution in [3.05, 3.63) is 24.3 Å². The SMILES string of the molecule is CCCCCCCCCCCCCC/C=C\CCCCCCCCCCC(=O)NC(CO)C(O)/C=C/CCCCCCCCCCCCCCCCCCCCCCC. The number of unbranched alkanes of at least 4 members (excludes halogenated alkanes) is 41. The van der Waals surface area contributed by atoms with Crippen LogP contribution in [-0.2, 0) is 4.79 Å². The molecular weight excluding hydrogens is 723 g/mol. The molecule has 0 rings (SSSR count). The Morgan fingerprint density at radius 2 is 0.644 bits per heavy atom. The molecule has 0 saturated carbocycles. The zero-order valence-electron chi connectivity index (χ0n) is 40.3. The molecule has 2 atom stereocenters. The molecule has 0 aliphatic heterocycles. The molecule has 0 saturated heterocycles. The molecule has 0 radical (unpaired) electrons. The predicted molar refractivity (Wildman–Crippen MR) is 262 cm³/mol. The number of allylic oxidation sites excluding steroid dienone is 3. The summed E-state index contributed by atoms with van der Waals surface area (Å²) in [5.41, 5.74) is 0. The Hall–Kier alpha value is -1.13. The van der Waals surface area contributed by atoms with E-state index >= 15 is 0 Å². The summed E-state index contributed by atoms with van der Waals surface area (Å²) >= 11 is 0. The summed E-state index contributed by atoms with van der Waals surface area (Å²) in [5.74, 6) is -0.0623. The van der Waals surface area contributed by atoms with Crippen LogP contribution in [0.15, 0.2) is 24.3 Å². The van der Waals surface area contributed by atoms with Crippen molar-refractivity contribution in [2.75, 3.05) is 6.61 Å². The Kier molecular flexibility index (Phi) is 50.2. The number of hydrogen-bond acceptors (Lipinski definition) is 3. The first kappa shape index (κ1) is 57.9. The number of hydrogen-bond donors (Lipinski definition) is 3. The fourth-order valence-corrected chi connectivity index (χ4v) is 8.53. The monoisotopic (exact) mass is 830 g/mol. The second-order valence-corrected chi connectivity index (χ2v) is 18.7. The third-order valence-corrected chi connectivity index (χ3v) is 12.7. The maximum Gasteiger partial charge on any atom is 0.220 e. The molecular formula is C55H107NO3. The van der Waals surface area contributed by atoms with Crippen LogP contribution in [0.5, 0.6) is 0 Å². The van der Waals surface area contributed by atoms with Crippen molar-refractivity contribution < 1.29 is 15.0 Å². The predicted octanol–water partition coefficient (Wildman–Crippen LogP) is 17.5. The number of carbonyl (C=O) groups excluding carboxylic acids is 1. The molecule has 59 heavy (non-hydrogen) atoms. The van der Waals surface area contributed by atoms with E-state index in [4.69, 9.17) is 0 Å². The van der Waals surface area contributed by atoms with Crippen LogP contribution in [0.1, 0.15) is 303 Å². The normalized spacial score (nSPS) is 12.9. The van der Waals surface area contributed by atoms with E-state index in [1.165, 1.54) is 257 Å². The summed E-state index contributed by atoms with van der Waals surface area (Å²) < 4.78 is 0. The maximum atomic E-state index is 12.5. The minimum Gasteiger partial charge on any atom is -0.394 e. The summed E-state index contributed by atoms with van der Waals surface area (Å²) in [6.45, 7) is 4.34. The van der Waals surface area contributed by atoms with Gasteiger partial charge < -0.3 is 15.5 Å². The summed E-state index contributed by atoms with van der Waals surface area (Å²) in [5, 5.41) is 23.2. The van der Waals surface area contributed by atoms with Crippen molar-refractivity contribution in [2.45, 2.75) is 315 Å². The molecule has 0 aromatic carbocycles. The lowest BCUT2D eigenvalue weighted by atomic mass is 10.0. The number of rotatable bonds is 50. The van der Waals surface area contributed by atoms with Crippen LogP contribution in [0, 0.1) is 0 Å². The Morgan fingerprint density at radius 3 is 0.932 bits per heavy atom. The molecule has 350 valence electrons. The molecule has 4 nitrogen and oxygen atoms in total. The molecule has 0 fully saturated rings. The van der Waals surface area contributed by atoms with E-state index in [1.54, 1.807) is 6.08 Å². The van der Waals surface area contributed by atoms with Crippen LogP contribution in [0.25, 0.3) is 0 Å². The fourth-order valence-electron chi connectivity index (χ4n) is 8.53. The molecule has 0 aromatic heterocycles. The Bertz CT molecular complexity index is 855. The second kappa shape index (κ2) is 51.2. The Labute approximate surface area is 370 Å². The van der Waals surface area contributed by atoms with Crippen molar-refractivity contribution >= 4 is 5.91 Å². The first-order valence-electron chi connectivity index (χ1n) is 27.1. The minimum atomic E-state index is -0.839. The van der Waals surface area contributed by atoms with Gasteiger partial charge >= 0.3 is 0 Å². The molecule has 0 aliphatic rings. The van der Waals surface area contributed by atoms with Crippen LogP contribution in [0.3, 0.4) is 0 Å². The van der Waals surface area contributed by atoms with Crippen LogP contribution in [-0.4, -0.2) is 34.9 Å². The highest BCUT2D eigenvalue weighted by molar-refractivity contribution is 5.76. The molecule has 1 amide bonds. The average Bonchev–Trinajstić information content (AvgIpc) is 3.24. The van der Waals surface area contributed by atoms with Gasteiger partial charge in [0, 0.05) is 6.42 Å². The van der Waals surface area contributed by atoms with Crippen molar-refractivity contribution in [1.82, 2.24) is 5.32 Å². The van der Waals surface area contributed by atoms with Gasteiger partial charge in [0.25, 0.3) is 0 Å². The van der Waals surface area contributed by atoms with E-state index < -0.39 is 12.1 Å². The van der Waals surface area contributed by atoms with Crippen LogP contribution in [0.2, 0.25) is 0 Å². The van der Waals surface area contributed by atoms with E-state index in [2.05, 4.69) is 31.3 Å². The number of nitrogens with one attached hydrogen (secondary N) is 1. The minimum absolute atomic E-state index is 0.0623. The van der Waals surface area contributed by atoms with Crippen molar-refractivity contribution in [3.63, 3.8) is 0 Å². The standard InChI is InChI=1S/C55H107NO3/c1-3-5-7-9-11-13-15-17-19-21-23-25-27-29-31-33-35-37-39-41-43-45-47-49-51-55(59)56-53(52-57)54(58)50-48-46-44-42-40-38-36-34-32-30-28-26-24-22-20-18-16-14-12-10-8-6-4-2/h29,31,48,50,53-54,57-58H,3-28,30,32-47,49,51-52H2,1-2H3,(H,56,59)/b31-29-,50-48+. The van der Waals surface area contributed by atoms with Crippen molar-refractivity contribution in [1.29, 1.82) is 0 Å². The van der Waals surface area contributed by atoms with Crippen molar-refractivity contribution in [2.24, 2.45) is 0 Å². The number of amides is 1. The van der Waals surface area contributed by atoms with Gasteiger partial charge in [0.15, 0.2) is 0 Å². The number of aliphatic hydroxyl groups is 2. The van der Waals surface area contributed by atoms with Gasteiger partial charge in [0.2, 0.25) is 5.91 Å². The zero-order chi connectivity index (χ0) is 42.8. The van der Waals surface area contributed by atoms with Crippen LogP contribution < -0.4 is 5.32 Å². The third kappa shape index (κ3) is 47.8. The number of aliphatic hydroxyl groups excluding tert-OH is 2. The van der Waals surface area contributed by atoms with Gasteiger partial charge in [0.1, 0.15) is 0 Å². The molecule has 0 heterocycles. The van der Waals surface area contributed by atoms with Gasteiger partial charge in [-0.2, -0.15) is 0 Å². The molecule has 4 heteroatoms. The fraction of sp³-hybridized carbons (Fsp3) is 0.909. The second-order valence-electron chi connectivity index (χ2n) is 18.7. The lowest BCUT2D eigenvalue weighted by molar-refractivity contribution is -0.123. The molecule has 2 unspecified atom stereocenters. The smallest absolute Gasteiger partial charge is 0.220 e. The summed E-state index contributed by atoms with van der Waals surface area (Å²) in [6.07, 6.45) is 67.6. The van der Waals surface area contributed by atoms with Gasteiger partial charge in [-0.15, -0.1) is 0 Å². The first-order valence-corrected chi connectivity index (χ1v) is 27.1. The highest BCUT2D eigenvalue weighted by Gasteiger charge is 2.18. The molecule has 0 spiro atoms. The molecule has 3 N–H and O–H groups in total. The lowest BCUT2D eigenvalue weighted by Crippen LogP contribution is -2.45. The highest BCUT2D eigenvalue weighted by Crippen LogP contribution is 2.17. The van der Waals surface area contributed by atoms with Gasteiger partial charge in [0.05, 0.1) is 18.8 Å². The van der Waals surface area contributed by atoms with Crippen LogP contribution >= 0.6 is 0 Å². The largest absolute Gasteiger partial charge is 0.394 e. The molecule has 0 aromatic rings. The highest BCUT2D eigenvalue weighted by atomic mass is 16.3. The Morgan fingerprint density at radius 1 is 0.390 bits per heavy atom. The van der Waals surface area contributed by atoms with E-state index in [9.17, 15) is 15.0 Å². The van der Waals surface area contributed by atoms with Gasteiger partial charge in [-0.3, -0.25) is 4.79 Å². The molecule has 0 aliphatic carbocycles.